The van der Waals surface area contributed by atoms with Crippen LogP contribution in [-0.4, -0.2) is 85.3 Å². The lowest BCUT2D eigenvalue weighted by Crippen LogP contribution is -2.48. The number of hydrogen-bond acceptors (Lipinski definition) is 4. The van der Waals surface area contributed by atoms with Gasteiger partial charge in [0.15, 0.2) is 0 Å². The zero-order valence-electron chi connectivity index (χ0n) is 13.5. The Hall–Kier alpha value is -1.63. The lowest BCUT2D eigenvalue weighted by atomic mass is 10.2. The Morgan fingerprint density at radius 3 is 2.41 bits per heavy atom. The minimum absolute atomic E-state index is 0.0202. The van der Waals surface area contributed by atoms with Crippen molar-refractivity contribution in [2.24, 2.45) is 0 Å². The van der Waals surface area contributed by atoms with Crippen molar-refractivity contribution in [1.29, 1.82) is 0 Å². The second-order valence-electron chi connectivity index (χ2n) is 6.23. The highest BCUT2D eigenvalue weighted by Gasteiger charge is 2.32. The largest absolute Gasteiger partial charge is 0.347 e. The summed E-state index contributed by atoms with van der Waals surface area (Å²) >= 11 is 0. The molecule has 1 atom stereocenters. The topological polar surface area (TPSA) is 73.0 Å². The molecule has 0 aromatic carbocycles. The summed E-state index contributed by atoms with van der Waals surface area (Å²) in [6.45, 7) is 2.56. The lowest BCUT2D eigenvalue weighted by molar-refractivity contribution is -0.135. The van der Waals surface area contributed by atoms with Gasteiger partial charge < -0.3 is 15.1 Å². The van der Waals surface area contributed by atoms with Gasteiger partial charge in [-0.15, -0.1) is 0 Å². The molecule has 2 aliphatic heterocycles. The second kappa shape index (κ2) is 7.58. The molecular weight excluding hydrogens is 284 g/mol. The molecule has 2 heterocycles. The molecule has 22 heavy (non-hydrogen) atoms. The predicted molar refractivity (Wildman–Crippen MR) is 82.1 cm³/mol. The zero-order valence-corrected chi connectivity index (χ0v) is 13.5. The van der Waals surface area contributed by atoms with Crippen molar-refractivity contribution < 1.29 is 14.4 Å². The molecule has 0 saturated carbocycles. The van der Waals surface area contributed by atoms with Crippen LogP contribution in [0.1, 0.15) is 25.7 Å². The summed E-state index contributed by atoms with van der Waals surface area (Å²) in [5, 5.41) is 2.68. The number of rotatable bonds is 5. The number of nitrogens with one attached hydrogen (secondary N) is 1. The van der Waals surface area contributed by atoms with E-state index in [1.165, 1.54) is 0 Å². The highest BCUT2D eigenvalue weighted by molar-refractivity contribution is 5.87. The van der Waals surface area contributed by atoms with E-state index in [0.717, 1.165) is 45.3 Å². The lowest BCUT2D eigenvalue weighted by Gasteiger charge is -2.25. The third-order valence-electron chi connectivity index (χ3n) is 4.33. The Morgan fingerprint density at radius 1 is 1.09 bits per heavy atom. The van der Waals surface area contributed by atoms with Gasteiger partial charge in [-0.05, 0) is 32.2 Å². The van der Waals surface area contributed by atoms with Crippen molar-refractivity contribution in [2.45, 2.75) is 31.7 Å². The van der Waals surface area contributed by atoms with Gasteiger partial charge in [0.05, 0.1) is 19.1 Å². The number of hydrogen-bond donors (Lipinski definition) is 1. The molecular formula is C15H26N4O3. The summed E-state index contributed by atoms with van der Waals surface area (Å²) in [7, 11) is 3.46. The molecule has 7 heteroatoms. The number of carbonyl (C=O) groups is 3. The molecule has 0 spiro atoms. The molecule has 0 aromatic rings. The monoisotopic (exact) mass is 310 g/mol. The van der Waals surface area contributed by atoms with Crippen LogP contribution in [0.15, 0.2) is 0 Å². The summed E-state index contributed by atoms with van der Waals surface area (Å²) in [6, 6.07) is -0.213. The third-order valence-corrected chi connectivity index (χ3v) is 4.33. The quantitative estimate of drug-likeness (QED) is 0.727. The molecule has 0 aromatic heterocycles. The van der Waals surface area contributed by atoms with Gasteiger partial charge in [-0.1, -0.05) is 0 Å². The van der Waals surface area contributed by atoms with Crippen LogP contribution < -0.4 is 5.32 Å². The van der Waals surface area contributed by atoms with Gasteiger partial charge in [0.2, 0.25) is 17.7 Å². The van der Waals surface area contributed by atoms with Gasteiger partial charge in [-0.2, -0.15) is 0 Å². The van der Waals surface area contributed by atoms with Gasteiger partial charge in [0.25, 0.3) is 0 Å². The Morgan fingerprint density at radius 2 is 1.77 bits per heavy atom. The number of likely N-dealkylation sites (N-methyl/N-ethyl adjacent to an activating group) is 1. The molecule has 2 fully saturated rings. The number of amides is 3. The number of carbonyl (C=O) groups excluding carboxylic acids is 3. The zero-order chi connectivity index (χ0) is 16.1. The first-order chi connectivity index (χ1) is 10.5. The number of nitrogens with zero attached hydrogens (tertiary/aromatic N) is 3. The van der Waals surface area contributed by atoms with Crippen LogP contribution in [0.25, 0.3) is 0 Å². The molecule has 1 N–H and O–H groups in total. The van der Waals surface area contributed by atoms with Gasteiger partial charge in [0.1, 0.15) is 0 Å². The third kappa shape index (κ3) is 4.19. The molecule has 3 amide bonds. The van der Waals surface area contributed by atoms with E-state index in [4.69, 9.17) is 0 Å². The molecule has 2 aliphatic rings. The summed E-state index contributed by atoms with van der Waals surface area (Å²) in [4.78, 5) is 41.2. The maximum Gasteiger partial charge on any atom is 0.241 e. The molecule has 0 aliphatic carbocycles. The Balaban J connectivity index is 1.76. The van der Waals surface area contributed by atoms with Crippen LogP contribution in [0.4, 0.5) is 0 Å². The fourth-order valence-corrected chi connectivity index (χ4v) is 3.09. The van der Waals surface area contributed by atoms with E-state index in [9.17, 15) is 14.4 Å². The first-order valence-corrected chi connectivity index (χ1v) is 7.98. The first-order valence-electron chi connectivity index (χ1n) is 7.98. The van der Waals surface area contributed by atoms with Gasteiger partial charge >= 0.3 is 0 Å². The summed E-state index contributed by atoms with van der Waals surface area (Å²) in [5.74, 6) is -0.169. The standard InChI is InChI=1S/C15H26N4O3/c1-17(2)15(22)12-6-5-9-19(12)11-13(20)16-10-14(21)18-7-3-4-8-18/h12H,3-11H2,1-2H3,(H,16,20). The van der Waals surface area contributed by atoms with E-state index in [1.54, 1.807) is 23.9 Å². The van der Waals surface area contributed by atoms with Crippen LogP contribution in [0.5, 0.6) is 0 Å². The van der Waals surface area contributed by atoms with Crippen molar-refractivity contribution in [1.82, 2.24) is 20.0 Å². The van der Waals surface area contributed by atoms with Gasteiger partial charge in [-0.3, -0.25) is 19.3 Å². The molecule has 0 bridgehead atoms. The van der Waals surface area contributed by atoms with Crippen molar-refractivity contribution >= 4 is 17.7 Å². The van der Waals surface area contributed by atoms with E-state index >= 15 is 0 Å². The SMILES string of the molecule is CN(C)C(=O)C1CCCN1CC(=O)NCC(=O)N1CCCC1. The van der Waals surface area contributed by atoms with E-state index in [1.807, 2.05) is 4.90 Å². The van der Waals surface area contributed by atoms with Crippen LogP contribution in [0.2, 0.25) is 0 Å². The Bertz CT molecular complexity index is 433. The maximum absolute atomic E-state index is 12.1. The normalized spacial score (nSPS) is 21.9. The van der Waals surface area contributed by atoms with Crippen molar-refractivity contribution in [3.63, 3.8) is 0 Å². The van der Waals surface area contributed by atoms with Crippen LogP contribution >= 0.6 is 0 Å². The average Bonchev–Trinajstić information content (AvgIpc) is 3.15. The Labute approximate surface area is 131 Å². The minimum Gasteiger partial charge on any atom is -0.347 e. The maximum atomic E-state index is 12.1. The van der Waals surface area contributed by atoms with Crippen LogP contribution in [0, 0.1) is 0 Å². The molecule has 2 rings (SSSR count). The fraction of sp³-hybridized carbons (Fsp3) is 0.800. The molecule has 1 unspecified atom stereocenters. The van der Waals surface area contributed by atoms with Crippen LogP contribution in [0.3, 0.4) is 0 Å². The van der Waals surface area contributed by atoms with Gasteiger partial charge in [-0.25, -0.2) is 0 Å². The second-order valence-corrected chi connectivity index (χ2v) is 6.23. The van der Waals surface area contributed by atoms with Crippen molar-refractivity contribution in [3.8, 4) is 0 Å². The van der Waals surface area contributed by atoms with Crippen LogP contribution in [-0.2, 0) is 14.4 Å². The fourth-order valence-electron chi connectivity index (χ4n) is 3.09. The van der Waals surface area contributed by atoms with E-state index < -0.39 is 0 Å². The highest BCUT2D eigenvalue weighted by atomic mass is 16.2. The first kappa shape index (κ1) is 16.7. The van der Waals surface area contributed by atoms with E-state index in [-0.39, 0.29) is 36.9 Å². The minimum atomic E-state index is -0.213. The molecule has 124 valence electrons. The Kier molecular flexibility index (Phi) is 5.76. The van der Waals surface area contributed by atoms with E-state index in [2.05, 4.69) is 5.32 Å². The number of likely N-dealkylation sites (tertiary alicyclic amines) is 2. The smallest absolute Gasteiger partial charge is 0.241 e. The summed E-state index contributed by atoms with van der Waals surface area (Å²) < 4.78 is 0. The molecule has 2 saturated heterocycles. The predicted octanol–water partition coefficient (Wildman–Crippen LogP) is -0.722. The van der Waals surface area contributed by atoms with E-state index in [0.29, 0.717) is 0 Å². The van der Waals surface area contributed by atoms with Gasteiger partial charge in [0, 0.05) is 27.2 Å². The molecule has 0 radical (unpaired) electrons. The highest BCUT2D eigenvalue weighted by Crippen LogP contribution is 2.18. The summed E-state index contributed by atoms with van der Waals surface area (Å²) in [5.41, 5.74) is 0. The average molecular weight is 310 g/mol. The molecule has 7 nitrogen and oxygen atoms in total. The van der Waals surface area contributed by atoms with Crippen molar-refractivity contribution in [2.75, 3.05) is 46.8 Å². The summed E-state index contributed by atoms with van der Waals surface area (Å²) in [6.07, 6.45) is 3.80. The van der Waals surface area contributed by atoms with Crippen molar-refractivity contribution in [3.05, 3.63) is 0 Å².